The second-order valence-corrected chi connectivity index (χ2v) is 11.2. The molecule has 2 aliphatic heterocycles. The summed E-state index contributed by atoms with van der Waals surface area (Å²) in [6.45, 7) is 5.71. The SMILES string of the molecule is O=C(O)c1ccc2c(C3CCCCC3)c3n(c2c1)CCN(CCN1CCCCCC1)c1cc(F)ccc1-3. The summed E-state index contributed by atoms with van der Waals surface area (Å²) in [7, 11) is 0. The number of benzene rings is 2. The number of carbonyl (C=O) groups is 1. The lowest BCUT2D eigenvalue weighted by atomic mass is 9.81. The minimum atomic E-state index is -0.896. The molecular weight excluding hydrogens is 465 g/mol. The van der Waals surface area contributed by atoms with E-state index in [1.54, 1.807) is 18.2 Å². The molecular formula is C31H38FN3O2. The number of likely N-dealkylation sites (tertiary alicyclic amines) is 1. The third kappa shape index (κ3) is 4.76. The van der Waals surface area contributed by atoms with E-state index >= 15 is 0 Å². The maximum absolute atomic E-state index is 14.7. The Morgan fingerprint density at radius 1 is 0.865 bits per heavy atom. The minimum absolute atomic E-state index is 0.199. The van der Waals surface area contributed by atoms with Gasteiger partial charge in [-0.25, -0.2) is 9.18 Å². The highest BCUT2D eigenvalue weighted by Gasteiger charge is 2.31. The van der Waals surface area contributed by atoms with Crippen molar-refractivity contribution in [1.29, 1.82) is 0 Å². The van der Waals surface area contributed by atoms with E-state index in [1.807, 2.05) is 18.2 Å². The van der Waals surface area contributed by atoms with Gasteiger partial charge < -0.3 is 19.5 Å². The van der Waals surface area contributed by atoms with Crippen LogP contribution in [0.25, 0.3) is 22.2 Å². The minimum Gasteiger partial charge on any atom is -0.478 e. The van der Waals surface area contributed by atoms with Gasteiger partial charge in [-0.3, -0.25) is 0 Å². The van der Waals surface area contributed by atoms with Crippen LogP contribution in [0.15, 0.2) is 36.4 Å². The highest BCUT2D eigenvalue weighted by Crippen LogP contribution is 2.47. The number of hydrogen-bond acceptors (Lipinski definition) is 3. The lowest BCUT2D eigenvalue weighted by Crippen LogP contribution is -2.37. The average molecular weight is 504 g/mol. The van der Waals surface area contributed by atoms with Crippen LogP contribution in [0.5, 0.6) is 0 Å². The lowest BCUT2D eigenvalue weighted by Gasteiger charge is -2.29. The number of aromatic carboxylic acids is 1. The highest BCUT2D eigenvalue weighted by molar-refractivity contribution is 5.99. The second-order valence-electron chi connectivity index (χ2n) is 11.2. The molecule has 196 valence electrons. The topological polar surface area (TPSA) is 48.7 Å². The Labute approximate surface area is 218 Å². The fraction of sp³-hybridized carbons (Fsp3) is 0.516. The van der Waals surface area contributed by atoms with Crippen molar-refractivity contribution in [3.8, 4) is 11.3 Å². The van der Waals surface area contributed by atoms with Gasteiger partial charge in [0.2, 0.25) is 0 Å². The molecule has 0 radical (unpaired) electrons. The van der Waals surface area contributed by atoms with E-state index in [4.69, 9.17) is 0 Å². The first-order valence-corrected chi connectivity index (χ1v) is 14.3. The fourth-order valence-electron chi connectivity index (χ4n) is 7.00. The Balaban J connectivity index is 1.46. The van der Waals surface area contributed by atoms with Crippen molar-refractivity contribution in [1.82, 2.24) is 9.47 Å². The van der Waals surface area contributed by atoms with E-state index in [-0.39, 0.29) is 5.82 Å². The first-order valence-electron chi connectivity index (χ1n) is 14.3. The molecule has 0 bridgehead atoms. The van der Waals surface area contributed by atoms with Crippen molar-refractivity contribution >= 4 is 22.6 Å². The van der Waals surface area contributed by atoms with Gasteiger partial charge in [0.05, 0.1) is 11.3 Å². The van der Waals surface area contributed by atoms with Crippen LogP contribution < -0.4 is 4.90 Å². The summed E-state index contributed by atoms with van der Waals surface area (Å²) in [6.07, 6.45) is 11.2. The van der Waals surface area contributed by atoms with Gasteiger partial charge >= 0.3 is 5.97 Å². The number of anilines is 1. The number of carboxylic acid groups (broad SMARTS) is 1. The van der Waals surface area contributed by atoms with Crippen molar-refractivity contribution in [2.75, 3.05) is 37.6 Å². The van der Waals surface area contributed by atoms with Gasteiger partial charge in [-0.15, -0.1) is 0 Å². The molecule has 1 aromatic heterocycles. The van der Waals surface area contributed by atoms with Gasteiger partial charge in [-0.2, -0.15) is 0 Å². The first kappa shape index (κ1) is 24.5. The maximum atomic E-state index is 14.7. The summed E-state index contributed by atoms with van der Waals surface area (Å²) in [4.78, 5) is 16.8. The van der Waals surface area contributed by atoms with E-state index in [9.17, 15) is 14.3 Å². The molecule has 6 rings (SSSR count). The molecule has 3 aliphatic rings. The fourth-order valence-corrected chi connectivity index (χ4v) is 7.00. The Morgan fingerprint density at radius 2 is 1.62 bits per heavy atom. The van der Waals surface area contributed by atoms with E-state index in [2.05, 4.69) is 14.4 Å². The van der Waals surface area contributed by atoms with Gasteiger partial charge in [0.1, 0.15) is 5.82 Å². The molecule has 3 aromatic rings. The molecule has 0 atom stereocenters. The maximum Gasteiger partial charge on any atom is 0.335 e. The molecule has 3 heterocycles. The summed E-state index contributed by atoms with van der Waals surface area (Å²) in [5.41, 5.74) is 5.91. The van der Waals surface area contributed by atoms with Crippen LogP contribution in [0, 0.1) is 5.82 Å². The largest absolute Gasteiger partial charge is 0.478 e. The quantitative estimate of drug-likeness (QED) is 0.412. The highest BCUT2D eigenvalue weighted by atomic mass is 19.1. The van der Waals surface area contributed by atoms with Crippen LogP contribution in [0.2, 0.25) is 0 Å². The number of halogens is 1. The van der Waals surface area contributed by atoms with Gasteiger partial charge in [-0.05, 0) is 80.6 Å². The number of hydrogen-bond donors (Lipinski definition) is 1. The predicted molar refractivity (Wildman–Crippen MR) is 147 cm³/mol. The van der Waals surface area contributed by atoms with E-state index in [0.29, 0.717) is 11.5 Å². The first-order chi connectivity index (χ1) is 18.1. The van der Waals surface area contributed by atoms with Crippen LogP contribution in [0.3, 0.4) is 0 Å². The number of carboxylic acids is 1. The van der Waals surface area contributed by atoms with Gasteiger partial charge in [-0.1, -0.05) is 38.2 Å². The number of nitrogens with zero attached hydrogens (tertiary/aromatic N) is 3. The Hall–Kier alpha value is -2.86. The third-order valence-electron chi connectivity index (χ3n) is 8.90. The van der Waals surface area contributed by atoms with Gasteiger partial charge in [0.25, 0.3) is 0 Å². The molecule has 37 heavy (non-hydrogen) atoms. The number of aromatic nitrogens is 1. The van der Waals surface area contributed by atoms with Crippen LogP contribution in [-0.2, 0) is 6.54 Å². The number of rotatable bonds is 5. The second kappa shape index (κ2) is 10.5. The molecule has 1 aliphatic carbocycles. The molecule has 0 spiro atoms. The van der Waals surface area contributed by atoms with Crippen LogP contribution in [0.4, 0.5) is 10.1 Å². The Morgan fingerprint density at radius 3 is 2.38 bits per heavy atom. The summed E-state index contributed by atoms with van der Waals surface area (Å²) >= 11 is 0. The van der Waals surface area contributed by atoms with Crippen molar-refractivity contribution in [3.05, 3.63) is 53.3 Å². The Bertz CT molecular complexity index is 1290. The van der Waals surface area contributed by atoms with Gasteiger partial charge in [0.15, 0.2) is 0 Å². The zero-order chi connectivity index (χ0) is 25.4. The van der Waals surface area contributed by atoms with E-state index < -0.39 is 5.97 Å². The molecule has 1 saturated carbocycles. The Kier molecular flexibility index (Phi) is 6.94. The van der Waals surface area contributed by atoms with Crippen LogP contribution >= 0.6 is 0 Å². The van der Waals surface area contributed by atoms with Crippen LogP contribution in [0.1, 0.15) is 79.6 Å². The normalized spacial score (nSPS) is 19.3. The van der Waals surface area contributed by atoms with Crippen molar-refractivity contribution < 1.29 is 14.3 Å². The zero-order valence-electron chi connectivity index (χ0n) is 21.7. The molecule has 0 unspecified atom stereocenters. The van der Waals surface area contributed by atoms with Crippen LogP contribution in [-0.4, -0.2) is 53.3 Å². The molecule has 6 heteroatoms. The van der Waals surface area contributed by atoms with E-state index in [0.717, 1.165) is 68.9 Å². The monoisotopic (exact) mass is 503 g/mol. The van der Waals surface area contributed by atoms with Crippen molar-refractivity contribution in [2.45, 2.75) is 70.3 Å². The van der Waals surface area contributed by atoms with Crippen molar-refractivity contribution in [3.63, 3.8) is 0 Å². The lowest BCUT2D eigenvalue weighted by molar-refractivity contribution is 0.0697. The summed E-state index contributed by atoms with van der Waals surface area (Å²) in [6, 6.07) is 10.9. The average Bonchev–Trinajstić information content (AvgIpc) is 3.05. The van der Waals surface area contributed by atoms with Gasteiger partial charge in [0, 0.05) is 48.3 Å². The van der Waals surface area contributed by atoms with E-state index in [1.165, 1.54) is 61.6 Å². The standard InChI is InChI=1S/C31H38FN3O2/c32-24-11-13-26-27(21-24)34(17-16-33-14-6-1-2-7-15-33)18-19-35-28-20-23(31(36)37)10-12-25(28)29(30(26)35)22-8-4-3-5-9-22/h10-13,20-22H,1-9,14-19H2,(H,36,37). The zero-order valence-corrected chi connectivity index (χ0v) is 21.7. The summed E-state index contributed by atoms with van der Waals surface area (Å²) < 4.78 is 17.1. The summed E-state index contributed by atoms with van der Waals surface area (Å²) in [5.74, 6) is -0.646. The van der Waals surface area contributed by atoms with Crippen molar-refractivity contribution in [2.24, 2.45) is 0 Å². The molecule has 2 fully saturated rings. The smallest absolute Gasteiger partial charge is 0.335 e. The molecule has 5 nitrogen and oxygen atoms in total. The number of fused-ring (bicyclic) bond motifs is 5. The summed E-state index contributed by atoms with van der Waals surface area (Å²) in [5, 5.41) is 10.9. The molecule has 1 N–H and O–H groups in total. The molecule has 0 amide bonds. The molecule has 2 aromatic carbocycles. The molecule has 1 saturated heterocycles. The third-order valence-corrected chi connectivity index (χ3v) is 8.90. The predicted octanol–water partition coefficient (Wildman–Crippen LogP) is 6.89.